The summed E-state index contributed by atoms with van der Waals surface area (Å²) in [5.74, 6) is 0.195. The molecular formula is C10H8F2NO. The summed E-state index contributed by atoms with van der Waals surface area (Å²) in [6.07, 6.45) is -1.77. The van der Waals surface area contributed by atoms with Crippen LogP contribution in [0.4, 0.5) is 8.78 Å². The lowest BCUT2D eigenvalue weighted by Gasteiger charge is -1.99. The quantitative estimate of drug-likeness (QED) is 0.784. The first-order valence-electron chi connectivity index (χ1n) is 4.07. The summed E-state index contributed by atoms with van der Waals surface area (Å²) < 4.78 is 29.8. The SMILES string of the molecule is COc1c([C](F)F)[nH]c2ccccc12. The molecule has 1 N–H and O–H groups in total. The van der Waals surface area contributed by atoms with Crippen molar-refractivity contribution in [1.82, 2.24) is 4.98 Å². The predicted octanol–water partition coefficient (Wildman–Crippen LogP) is 2.95. The number of fused-ring (bicyclic) bond motifs is 1. The van der Waals surface area contributed by atoms with Crippen molar-refractivity contribution >= 4 is 10.9 Å². The smallest absolute Gasteiger partial charge is 0.359 e. The van der Waals surface area contributed by atoms with Crippen molar-refractivity contribution in [2.45, 2.75) is 0 Å². The number of methoxy groups -OCH3 is 1. The van der Waals surface area contributed by atoms with Crippen LogP contribution in [0.15, 0.2) is 24.3 Å². The minimum Gasteiger partial charge on any atom is -0.494 e. The number of rotatable bonds is 2. The molecule has 0 spiro atoms. The first kappa shape index (κ1) is 8.99. The lowest BCUT2D eigenvalue weighted by atomic mass is 10.2. The number of halogens is 2. The molecule has 73 valence electrons. The van der Waals surface area contributed by atoms with Gasteiger partial charge in [-0.15, -0.1) is 0 Å². The molecule has 0 saturated carbocycles. The lowest BCUT2D eigenvalue weighted by Crippen LogP contribution is -1.90. The summed E-state index contributed by atoms with van der Waals surface area (Å²) in [5, 5.41) is 0.665. The van der Waals surface area contributed by atoms with E-state index >= 15 is 0 Å². The fourth-order valence-corrected chi connectivity index (χ4v) is 1.46. The summed E-state index contributed by atoms with van der Waals surface area (Å²) in [5.41, 5.74) is 0.404. The fourth-order valence-electron chi connectivity index (χ4n) is 1.46. The van der Waals surface area contributed by atoms with E-state index in [4.69, 9.17) is 4.74 Å². The molecule has 0 aliphatic heterocycles. The third-order valence-electron chi connectivity index (χ3n) is 2.05. The van der Waals surface area contributed by atoms with Crippen LogP contribution < -0.4 is 4.74 Å². The first-order chi connectivity index (χ1) is 6.74. The highest BCUT2D eigenvalue weighted by Gasteiger charge is 2.20. The molecule has 1 heterocycles. The van der Waals surface area contributed by atoms with Gasteiger partial charge in [0, 0.05) is 10.9 Å². The van der Waals surface area contributed by atoms with Gasteiger partial charge in [0.25, 0.3) is 0 Å². The van der Waals surface area contributed by atoms with E-state index in [2.05, 4.69) is 4.98 Å². The standard InChI is InChI=1S/C10H8F2NO/c1-14-9-6-4-2-3-5-7(6)13-8(9)10(11)12/h2-5,13H,1H3. The van der Waals surface area contributed by atoms with Crippen molar-refractivity contribution in [2.24, 2.45) is 0 Å². The Kier molecular flexibility index (Phi) is 2.11. The van der Waals surface area contributed by atoms with E-state index in [0.29, 0.717) is 10.9 Å². The van der Waals surface area contributed by atoms with Gasteiger partial charge in [-0.2, -0.15) is 8.78 Å². The molecule has 0 bridgehead atoms. The number of aromatic nitrogens is 1. The van der Waals surface area contributed by atoms with Crippen LogP contribution in [0.2, 0.25) is 0 Å². The first-order valence-corrected chi connectivity index (χ1v) is 4.07. The van der Waals surface area contributed by atoms with Crippen LogP contribution in [-0.4, -0.2) is 12.1 Å². The van der Waals surface area contributed by atoms with Gasteiger partial charge in [-0.05, 0) is 12.1 Å². The Balaban J connectivity index is 2.72. The van der Waals surface area contributed by atoms with E-state index in [9.17, 15) is 8.78 Å². The molecular weight excluding hydrogens is 188 g/mol. The van der Waals surface area contributed by atoms with Crippen LogP contribution in [0, 0.1) is 6.43 Å². The number of ether oxygens (including phenoxy) is 1. The Morgan fingerprint density at radius 2 is 2.00 bits per heavy atom. The number of aromatic amines is 1. The molecule has 14 heavy (non-hydrogen) atoms. The summed E-state index contributed by atoms with van der Waals surface area (Å²) in [7, 11) is 1.38. The van der Waals surface area contributed by atoms with Gasteiger partial charge in [-0.3, -0.25) is 0 Å². The van der Waals surface area contributed by atoms with Crippen molar-refractivity contribution in [3.05, 3.63) is 36.4 Å². The largest absolute Gasteiger partial charge is 0.494 e. The van der Waals surface area contributed by atoms with Gasteiger partial charge in [0.05, 0.1) is 7.11 Å². The predicted molar refractivity (Wildman–Crippen MR) is 49.4 cm³/mol. The van der Waals surface area contributed by atoms with E-state index in [0.717, 1.165) is 0 Å². The van der Waals surface area contributed by atoms with Gasteiger partial charge < -0.3 is 9.72 Å². The fraction of sp³-hybridized carbons (Fsp3) is 0.100. The lowest BCUT2D eigenvalue weighted by molar-refractivity contribution is 0.309. The molecule has 1 aromatic carbocycles. The summed E-state index contributed by atoms with van der Waals surface area (Å²) in [4.78, 5) is 2.60. The van der Waals surface area contributed by atoms with Crippen LogP contribution in [0.5, 0.6) is 5.75 Å². The summed E-state index contributed by atoms with van der Waals surface area (Å²) in [6, 6.07) is 7.01. The molecule has 0 unspecified atom stereocenters. The van der Waals surface area contributed by atoms with Crippen LogP contribution in [0.1, 0.15) is 5.69 Å². The normalized spacial score (nSPS) is 11.1. The Hall–Kier alpha value is -1.58. The monoisotopic (exact) mass is 196 g/mol. The maximum Gasteiger partial charge on any atom is 0.359 e. The van der Waals surface area contributed by atoms with E-state index < -0.39 is 6.43 Å². The number of benzene rings is 1. The maximum atomic E-state index is 12.5. The zero-order valence-corrected chi connectivity index (χ0v) is 7.47. The van der Waals surface area contributed by atoms with Gasteiger partial charge in [0.15, 0.2) is 5.75 Å². The molecule has 0 atom stereocenters. The second-order valence-corrected chi connectivity index (χ2v) is 2.84. The zero-order chi connectivity index (χ0) is 10.1. The summed E-state index contributed by atoms with van der Waals surface area (Å²) >= 11 is 0. The van der Waals surface area contributed by atoms with E-state index in [1.165, 1.54) is 7.11 Å². The van der Waals surface area contributed by atoms with E-state index in [1.54, 1.807) is 24.3 Å². The highest BCUT2D eigenvalue weighted by Crippen LogP contribution is 2.34. The Morgan fingerprint density at radius 1 is 1.29 bits per heavy atom. The average Bonchev–Trinajstić information content (AvgIpc) is 2.56. The minimum absolute atomic E-state index is 0.195. The number of hydrogen-bond acceptors (Lipinski definition) is 1. The van der Waals surface area contributed by atoms with Gasteiger partial charge in [0.2, 0.25) is 0 Å². The topological polar surface area (TPSA) is 25.0 Å². The van der Waals surface area contributed by atoms with Gasteiger partial charge in [-0.1, -0.05) is 12.1 Å². The van der Waals surface area contributed by atoms with Crippen molar-refractivity contribution in [3.63, 3.8) is 0 Å². The Morgan fingerprint density at radius 3 is 2.64 bits per heavy atom. The Bertz CT molecular complexity index is 450. The Labute approximate surface area is 79.5 Å². The number of nitrogens with one attached hydrogen (secondary N) is 1. The number of H-pyrrole nitrogens is 1. The molecule has 2 nitrogen and oxygen atoms in total. The maximum absolute atomic E-state index is 12.5. The van der Waals surface area contributed by atoms with Crippen molar-refractivity contribution in [2.75, 3.05) is 7.11 Å². The number of para-hydroxylation sites is 1. The van der Waals surface area contributed by atoms with Gasteiger partial charge >= 0.3 is 6.43 Å². The van der Waals surface area contributed by atoms with E-state index in [-0.39, 0.29) is 11.4 Å². The average molecular weight is 196 g/mol. The molecule has 0 aliphatic carbocycles. The van der Waals surface area contributed by atoms with Crippen LogP contribution >= 0.6 is 0 Å². The highest BCUT2D eigenvalue weighted by molar-refractivity contribution is 5.88. The molecule has 0 amide bonds. The van der Waals surface area contributed by atoms with Crippen molar-refractivity contribution in [3.8, 4) is 5.75 Å². The second-order valence-electron chi connectivity index (χ2n) is 2.84. The molecule has 0 fully saturated rings. The molecule has 2 aromatic rings. The zero-order valence-electron chi connectivity index (χ0n) is 7.47. The third kappa shape index (κ3) is 1.23. The van der Waals surface area contributed by atoms with Crippen LogP contribution in [0.3, 0.4) is 0 Å². The minimum atomic E-state index is -1.77. The van der Waals surface area contributed by atoms with Gasteiger partial charge in [0.1, 0.15) is 5.69 Å². The van der Waals surface area contributed by atoms with Crippen LogP contribution in [-0.2, 0) is 0 Å². The second kappa shape index (κ2) is 3.29. The molecule has 1 aromatic heterocycles. The molecule has 0 saturated heterocycles. The van der Waals surface area contributed by atoms with Crippen LogP contribution in [0.25, 0.3) is 10.9 Å². The van der Waals surface area contributed by atoms with Crippen molar-refractivity contribution < 1.29 is 13.5 Å². The van der Waals surface area contributed by atoms with Crippen molar-refractivity contribution in [1.29, 1.82) is 0 Å². The third-order valence-corrected chi connectivity index (χ3v) is 2.05. The molecule has 1 radical (unpaired) electrons. The van der Waals surface area contributed by atoms with E-state index in [1.807, 2.05) is 0 Å². The highest BCUT2D eigenvalue weighted by atomic mass is 19.3. The molecule has 0 aliphatic rings. The summed E-state index contributed by atoms with van der Waals surface area (Å²) in [6.45, 7) is 0. The molecule has 2 rings (SSSR count). The number of hydrogen-bond donors (Lipinski definition) is 1. The van der Waals surface area contributed by atoms with Gasteiger partial charge in [-0.25, -0.2) is 0 Å². The molecule has 4 heteroatoms.